The number of benzene rings is 5. The second-order valence-electron chi connectivity index (χ2n) is 18.9. The van der Waals surface area contributed by atoms with Crippen molar-refractivity contribution in [1.82, 2.24) is 4.58 Å². The van der Waals surface area contributed by atoms with Gasteiger partial charge in [0.15, 0.2) is 5.11 Å². The molecule has 6 rings (SSSR count). The lowest BCUT2D eigenvalue weighted by Crippen LogP contribution is -2.37. The molecule has 0 fully saturated rings. The molecule has 4 aromatic rings. The fourth-order valence-corrected chi connectivity index (χ4v) is 8.34. The van der Waals surface area contributed by atoms with E-state index in [1.165, 1.54) is 46.2 Å². The molecule has 0 saturated heterocycles. The van der Waals surface area contributed by atoms with Gasteiger partial charge >= 0.3 is 47.8 Å². The highest BCUT2D eigenvalue weighted by Crippen LogP contribution is 2.43. The van der Waals surface area contributed by atoms with E-state index in [4.69, 9.17) is 64.0 Å². The van der Waals surface area contributed by atoms with Crippen LogP contribution in [0.4, 0.5) is 28.4 Å². The molecule has 0 unspecified atom stereocenters. The van der Waals surface area contributed by atoms with Crippen LogP contribution in [0.5, 0.6) is 11.5 Å². The summed E-state index contributed by atoms with van der Waals surface area (Å²) in [6.07, 6.45) is 0. The minimum absolute atomic E-state index is 0.0269. The summed E-state index contributed by atoms with van der Waals surface area (Å²) < 4.78 is 59.9. The fourth-order valence-electron chi connectivity index (χ4n) is 8.10. The van der Waals surface area contributed by atoms with Crippen LogP contribution >= 0.6 is 12.2 Å². The molecule has 2 aliphatic rings. The third-order valence-corrected chi connectivity index (χ3v) is 12.3. The summed E-state index contributed by atoms with van der Waals surface area (Å²) in [7, 11) is 7.57. The third-order valence-electron chi connectivity index (χ3n) is 12.1. The molecule has 0 spiro atoms. The van der Waals surface area contributed by atoms with Gasteiger partial charge in [0.05, 0.1) is 23.4 Å². The maximum Gasteiger partial charge on any atom is 0.328 e. The van der Waals surface area contributed by atoms with Crippen LogP contribution in [0.15, 0.2) is 101 Å². The van der Waals surface area contributed by atoms with E-state index in [0.29, 0.717) is 33.4 Å². The summed E-state index contributed by atoms with van der Waals surface area (Å²) in [6, 6.07) is 26.5. The van der Waals surface area contributed by atoms with Crippen molar-refractivity contribution < 1.29 is 100 Å². The standard InChI is InChI=1S/C59H62N6O21S/c1-35(66)78-31-82-53(70)27-64(28-54(71)83-32-79-36(2)67)47-11-9-10-12-49(47)76-21-22-77-52-24-40(14-20-48(52)65(29-55(72)84-33-80-37(3)68)30-56(73)85-34-81-38(4)69)61-59(87)60-39-13-17-43(46(23-39)58(74)75)57-44-18-15-41(62(5)6)25-50(44)86-51-26-42(63(7)8)16-19-45(51)57/h9-20,23-26H,21-22,27-34H2,1-8H3,(H2,61,74,75,87). The lowest BCUT2D eigenvalue weighted by atomic mass is 9.90. The highest BCUT2D eigenvalue weighted by Gasteiger charge is 2.26. The van der Waals surface area contributed by atoms with Crippen molar-refractivity contribution in [3.63, 3.8) is 0 Å². The summed E-state index contributed by atoms with van der Waals surface area (Å²) >= 11 is 5.74. The lowest BCUT2D eigenvalue weighted by molar-refractivity contribution is -0.255. The Labute approximate surface area is 503 Å². The third kappa shape index (κ3) is 19.8. The molecule has 2 N–H and O–H groups in total. The first-order valence-corrected chi connectivity index (χ1v) is 26.6. The van der Waals surface area contributed by atoms with Crippen molar-refractivity contribution in [1.29, 1.82) is 0 Å². The smallest absolute Gasteiger partial charge is 0.328 e. The minimum Gasteiger partial charge on any atom is -0.545 e. The van der Waals surface area contributed by atoms with Gasteiger partial charge < -0.3 is 87.0 Å². The number of carboxylic acid groups (broad SMARTS) is 1. The zero-order chi connectivity index (χ0) is 63.3. The van der Waals surface area contributed by atoms with Gasteiger partial charge in [-0.3, -0.25) is 38.4 Å². The number of carbonyl (C=O) groups excluding carboxylic acids is 9. The Morgan fingerprint density at radius 2 is 1.01 bits per heavy atom. The number of thiocarbonyl (C=S) groups is 1. The quantitative estimate of drug-likeness (QED) is 0.0134. The SMILES string of the molecule is CC(=O)OCOC(=O)CN(CC(=O)OCOC(C)=O)c1ccccc1OCCOc1cc(NC(=S)Nc2ccc(-c3c4ccc(=[N+](C)C)cc-4oc4cc(N(C)C)ccc34)c(C(=O)[O-])c2)ccc1N(CC(=O)OCOC(C)=O)CC(=O)OCOC(C)=O. The van der Waals surface area contributed by atoms with Crippen LogP contribution in [0.3, 0.4) is 0 Å². The number of anilines is 5. The molecule has 0 saturated carbocycles. The number of ether oxygens (including phenoxy) is 10. The highest BCUT2D eigenvalue weighted by molar-refractivity contribution is 7.80. The normalized spacial score (nSPS) is 10.6. The molecule has 460 valence electrons. The van der Waals surface area contributed by atoms with E-state index in [0.717, 1.165) is 38.7 Å². The summed E-state index contributed by atoms with van der Waals surface area (Å²) in [5, 5.41) is 20.6. The number of para-hydroxylation sites is 2. The lowest BCUT2D eigenvalue weighted by Gasteiger charge is -2.26. The van der Waals surface area contributed by atoms with Crippen LogP contribution in [-0.2, 0) is 76.3 Å². The predicted octanol–water partition coefficient (Wildman–Crippen LogP) is 3.80. The molecule has 28 heteroatoms. The van der Waals surface area contributed by atoms with Crippen molar-refractivity contribution in [2.45, 2.75) is 27.7 Å². The van der Waals surface area contributed by atoms with Gasteiger partial charge in [-0.15, -0.1) is 0 Å². The first-order chi connectivity index (χ1) is 41.4. The van der Waals surface area contributed by atoms with Gasteiger partial charge in [0, 0.05) is 99.1 Å². The zero-order valence-corrected chi connectivity index (χ0v) is 49.4. The zero-order valence-electron chi connectivity index (χ0n) is 48.6. The summed E-state index contributed by atoms with van der Waals surface area (Å²) in [5.41, 5.74) is 3.52. The van der Waals surface area contributed by atoms with Crippen molar-refractivity contribution in [3.05, 3.63) is 108 Å². The molecule has 1 aliphatic heterocycles. The molecule has 27 nitrogen and oxygen atoms in total. The first kappa shape index (κ1) is 65.6. The van der Waals surface area contributed by atoms with Crippen molar-refractivity contribution in [2.75, 3.05) is 120 Å². The van der Waals surface area contributed by atoms with Gasteiger partial charge in [0.25, 0.3) is 0 Å². The van der Waals surface area contributed by atoms with Gasteiger partial charge in [-0.1, -0.05) is 18.2 Å². The van der Waals surface area contributed by atoms with E-state index in [-0.39, 0.29) is 58.1 Å². The van der Waals surface area contributed by atoms with Gasteiger partial charge in [0.2, 0.25) is 32.5 Å². The Kier molecular flexibility index (Phi) is 23.7. The van der Waals surface area contributed by atoms with E-state index >= 15 is 0 Å². The number of esters is 8. The second-order valence-corrected chi connectivity index (χ2v) is 19.3. The molecule has 1 heterocycles. The number of nitrogens with one attached hydrogen (secondary N) is 2. The highest BCUT2D eigenvalue weighted by atomic mass is 32.1. The van der Waals surface area contributed by atoms with Crippen molar-refractivity contribution >= 4 is 110 Å². The van der Waals surface area contributed by atoms with Crippen LogP contribution < -0.4 is 49.8 Å². The van der Waals surface area contributed by atoms with Crippen molar-refractivity contribution in [3.8, 4) is 33.9 Å². The van der Waals surface area contributed by atoms with Crippen LogP contribution in [0.1, 0.15) is 38.1 Å². The largest absolute Gasteiger partial charge is 0.545 e. The summed E-state index contributed by atoms with van der Waals surface area (Å²) in [4.78, 5) is 115. The fraction of sp³-hybridized carbons (Fsp3) is 0.305. The molecule has 0 bridgehead atoms. The molecule has 1 aliphatic carbocycles. The van der Waals surface area contributed by atoms with E-state index in [1.54, 1.807) is 24.3 Å². The van der Waals surface area contributed by atoms with Gasteiger partial charge in [-0.05, 0) is 72.4 Å². The van der Waals surface area contributed by atoms with E-state index < -0.39 is 107 Å². The summed E-state index contributed by atoms with van der Waals surface area (Å²) in [5.74, 6) is -7.58. The number of aromatic carboxylic acids is 1. The Balaban J connectivity index is 1.31. The van der Waals surface area contributed by atoms with E-state index in [1.807, 2.05) is 74.1 Å². The summed E-state index contributed by atoms with van der Waals surface area (Å²) in [6.45, 7) is -1.60. The molecule has 0 amide bonds. The van der Waals surface area contributed by atoms with Crippen molar-refractivity contribution in [2.24, 2.45) is 0 Å². The molecule has 87 heavy (non-hydrogen) atoms. The minimum atomic E-state index is -1.47. The number of nitrogens with zero attached hydrogens (tertiary/aromatic N) is 4. The molecule has 4 aromatic carbocycles. The van der Waals surface area contributed by atoms with Crippen LogP contribution in [-0.4, -0.2) is 154 Å². The van der Waals surface area contributed by atoms with E-state index in [9.17, 15) is 48.3 Å². The van der Waals surface area contributed by atoms with Crippen LogP contribution in [0.25, 0.3) is 33.4 Å². The molecular weight excluding hydrogens is 1160 g/mol. The number of carbonyl (C=O) groups is 9. The van der Waals surface area contributed by atoms with Gasteiger partial charge in [0.1, 0.15) is 76.3 Å². The topological polar surface area (TPSA) is 319 Å². The average Bonchev–Trinajstić information content (AvgIpc) is 0.925. The van der Waals surface area contributed by atoms with E-state index in [2.05, 4.69) is 10.6 Å². The van der Waals surface area contributed by atoms with Gasteiger partial charge in [-0.2, -0.15) is 0 Å². The Hall–Kier alpha value is -10.5. The number of rotatable bonds is 28. The number of hydrogen-bond acceptors (Lipinski definition) is 25. The maximum atomic E-state index is 13.2. The Morgan fingerprint density at radius 1 is 0.540 bits per heavy atom. The number of carboxylic acids is 1. The molecule has 0 radical (unpaired) electrons. The molecule has 0 aromatic heterocycles. The Bertz CT molecular complexity index is 3530. The number of fused-ring (bicyclic) bond motifs is 2. The molecule has 0 atom stereocenters. The van der Waals surface area contributed by atoms with Gasteiger partial charge in [-0.25, -0.2) is 4.58 Å². The Morgan fingerprint density at radius 3 is 1.51 bits per heavy atom. The molecular formula is C59H62N6O21S. The average molecular weight is 1220 g/mol. The number of hydrogen-bond donors (Lipinski definition) is 2. The predicted molar refractivity (Wildman–Crippen MR) is 313 cm³/mol. The van der Waals surface area contributed by atoms with Crippen LogP contribution in [0, 0.1) is 0 Å². The second kappa shape index (κ2) is 31.4. The first-order valence-electron chi connectivity index (χ1n) is 26.2. The van der Waals surface area contributed by atoms with Crippen LogP contribution in [0.2, 0.25) is 0 Å². The maximum absolute atomic E-state index is 13.2. The monoisotopic (exact) mass is 1220 g/mol.